The van der Waals surface area contributed by atoms with Crippen LogP contribution in [0.4, 0.5) is 5.13 Å². The van der Waals surface area contributed by atoms with Gasteiger partial charge in [0.2, 0.25) is 0 Å². The van der Waals surface area contributed by atoms with E-state index in [0.717, 1.165) is 26.5 Å². The lowest BCUT2D eigenvalue weighted by atomic mass is 10.2. The predicted molar refractivity (Wildman–Crippen MR) is 114 cm³/mol. The number of anilines is 1. The highest BCUT2D eigenvalue weighted by Gasteiger charge is 2.17. The van der Waals surface area contributed by atoms with E-state index in [-0.39, 0.29) is 12.1 Å². The Morgan fingerprint density at radius 2 is 2.00 bits per heavy atom. The quantitative estimate of drug-likeness (QED) is 0.522. The third-order valence-electron chi connectivity index (χ3n) is 4.43. The Morgan fingerprint density at radius 1 is 1.21 bits per heavy atom. The maximum absolute atomic E-state index is 12.8. The topological polar surface area (TPSA) is 96.9 Å². The number of carbonyl (C=O) groups excluding carboxylic acids is 1. The minimum absolute atomic E-state index is 0.0463. The Bertz CT molecular complexity index is 1360. The fourth-order valence-corrected chi connectivity index (χ4v) is 4.05. The number of aromatic amines is 1. The van der Waals surface area contributed by atoms with E-state index in [1.807, 2.05) is 25.1 Å². The van der Waals surface area contributed by atoms with Crippen LogP contribution in [0.15, 0.2) is 58.3 Å². The van der Waals surface area contributed by atoms with Crippen LogP contribution in [0.1, 0.15) is 21.5 Å². The molecule has 1 amide bonds. The van der Waals surface area contributed by atoms with Crippen molar-refractivity contribution in [2.45, 2.75) is 13.5 Å². The van der Waals surface area contributed by atoms with E-state index in [0.29, 0.717) is 15.7 Å². The Kier molecular flexibility index (Phi) is 5.04. The second kappa shape index (κ2) is 7.65. The molecule has 29 heavy (non-hydrogen) atoms. The molecule has 2 N–H and O–H groups in total. The van der Waals surface area contributed by atoms with Gasteiger partial charge in [-0.05, 0) is 30.2 Å². The minimum atomic E-state index is -0.705. The Hall–Kier alpha value is -3.23. The first kappa shape index (κ1) is 19.1. The van der Waals surface area contributed by atoms with Gasteiger partial charge >= 0.3 is 5.69 Å². The molecule has 0 saturated heterocycles. The zero-order valence-electron chi connectivity index (χ0n) is 15.2. The number of amides is 1. The van der Waals surface area contributed by atoms with Crippen molar-refractivity contribution < 1.29 is 4.79 Å². The zero-order valence-corrected chi connectivity index (χ0v) is 16.8. The summed E-state index contributed by atoms with van der Waals surface area (Å²) in [5.41, 5.74) is 0.870. The number of carbonyl (C=O) groups is 1. The van der Waals surface area contributed by atoms with Crippen molar-refractivity contribution in [3.63, 3.8) is 0 Å². The molecule has 7 nitrogen and oxygen atoms in total. The van der Waals surface area contributed by atoms with Crippen molar-refractivity contribution in [3.05, 3.63) is 91.2 Å². The molecule has 0 fully saturated rings. The molecule has 0 atom stereocenters. The lowest BCUT2D eigenvalue weighted by Gasteiger charge is -2.08. The van der Waals surface area contributed by atoms with Crippen LogP contribution < -0.4 is 16.6 Å². The van der Waals surface area contributed by atoms with Gasteiger partial charge in [-0.25, -0.2) is 9.78 Å². The van der Waals surface area contributed by atoms with E-state index >= 15 is 0 Å². The molecule has 0 saturated carbocycles. The summed E-state index contributed by atoms with van der Waals surface area (Å²) in [4.78, 5) is 44.5. The van der Waals surface area contributed by atoms with Gasteiger partial charge in [-0.15, -0.1) is 0 Å². The molecule has 4 rings (SSSR count). The van der Waals surface area contributed by atoms with E-state index < -0.39 is 17.2 Å². The van der Waals surface area contributed by atoms with Gasteiger partial charge in [0.15, 0.2) is 5.13 Å². The summed E-state index contributed by atoms with van der Waals surface area (Å²) < 4.78 is 1.87. The predicted octanol–water partition coefficient (Wildman–Crippen LogP) is 3.41. The molecule has 0 radical (unpaired) electrons. The number of thiazole rings is 1. The number of H-pyrrole nitrogens is 1. The lowest BCUT2D eigenvalue weighted by Crippen LogP contribution is -2.39. The van der Waals surface area contributed by atoms with E-state index in [1.54, 1.807) is 24.3 Å². The van der Waals surface area contributed by atoms with Crippen molar-refractivity contribution in [3.8, 4) is 0 Å². The summed E-state index contributed by atoms with van der Waals surface area (Å²) >= 11 is 7.44. The van der Waals surface area contributed by atoms with Gasteiger partial charge in [-0.2, -0.15) is 0 Å². The van der Waals surface area contributed by atoms with Crippen molar-refractivity contribution in [1.29, 1.82) is 0 Å². The number of nitrogens with zero attached hydrogens (tertiary/aromatic N) is 2. The van der Waals surface area contributed by atoms with Crippen molar-refractivity contribution in [2.75, 3.05) is 5.32 Å². The molecule has 9 heteroatoms. The molecule has 146 valence electrons. The first-order valence-electron chi connectivity index (χ1n) is 8.67. The Balaban J connectivity index is 1.66. The zero-order chi connectivity index (χ0) is 20.5. The van der Waals surface area contributed by atoms with Gasteiger partial charge < -0.3 is 4.98 Å². The van der Waals surface area contributed by atoms with Gasteiger partial charge in [-0.1, -0.05) is 53.3 Å². The number of hydrogen-bond acceptors (Lipinski definition) is 5. The van der Waals surface area contributed by atoms with Crippen LogP contribution in [-0.2, 0) is 6.54 Å². The van der Waals surface area contributed by atoms with E-state index in [9.17, 15) is 14.4 Å². The van der Waals surface area contributed by atoms with Crippen LogP contribution in [-0.4, -0.2) is 20.4 Å². The summed E-state index contributed by atoms with van der Waals surface area (Å²) in [5, 5.41) is 3.45. The second-order valence-electron chi connectivity index (χ2n) is 6.39. The molecule has 4 aromatic rings. The number of fused-ring (bicyclic) bond motifs is 1. The van der Waals surface area contributed by atoms with Gasteiger partial charge in [0, 0.05) is 11.2 Å². The summed E-state index contributed by atoms with van der Waals surface area (Å²) in [7, 11) is 0. The van der Waals surface area contributed by atoms with Crippen LogP contribution in [0.25, 0.3) is 10.2 Å². The summed E-state index contributed by atoms with van der Waals surface area (Å²) in [6.07, 6.45) is 1.11. The van der Waals surface area contributed by atoms with Crippen LogP contribution in [0.3, 0.4) is 0 Å². The monoisotopic (exact) mass is 426 g/mol. The van der Waals surface area contributed by atoms with Crippen LogP contribution in [0.2, 0.25) is 5.02 Å². The minimum Gasteiger partial charge on any atom is -0.313 e. The molecule has 0 spiro atoms. The molecule has 0 aliphatic rings. The molecule has 0 aliphatic carbocycles. The van der Waals surface area contributed by atoms with Crippen molar-refractivity contribution in [2.24, 2.45) is 0 Å². The van der Waals surface area contributed by atoms with E-state index in [4.69, 9.17) is 11.6 Å². The van der Waals surface area contributed by atoms with Crippen LogP contribution in [0.5, 0.6) is 0 Å². The Morgan fingerprint density at radius 3 is 2.76 bits per heavy atom. The fraction of sp³-hybridized carbons (Fsp3) is 0.100. The third-order valence-corrected chi connectivity index (χ3v) is 5.74. The molecule has 2 aromatic heterocycles. The number of aryl methyl sites for hydroxylation is 1. The SMILES string of the molecule is Cc1cccc2sc(NC(=O)c3c[nH]c(=O)n(Cc4ccccc4Cl)c3=O)nc12. The molecule has 0 unspecified atom stereocenters. The first-order chi connectivity index (χ1) is 13.9. The number of benzene rings is 2. The standard InChI is InChI=1S/C20H15ClN4O3S/c1-11-5-4-8-15-16(11)23-19(29-15)24-17(26)13-9-22-20(28)25(18(13)27)10-12-6-2-3-7-14(12)21/h2-9H,10H2,1H3,(H,22,28)(H,23,24,26). The number of rotatable bonds is 4. The van der Waals surface area contributed by atoms with E-state index in [2.05, 4.69) is 15.3 Å². The largest absolute Gasteiger partial charge is 0.328 e. The number of halogens is 1. The second-order valence-corrected chi connectivity index (χ2v) is 7.82. The molecular formula is C20H15ClN4O3S. The molecule has 2 aromatic carbocycles. The third kappa shape index (κ3) is 3.72. The molecule has 0 bridgehead atoms. The molecular weight excluding hydrogens is 412 g/mol. The van der Waals surface area contributed by atoms with Gasteiger partial charge in [0.25, 0.3) is 11.5 Å². The number of hydrogen-bond donors (Lipinski definition) is 2. The summed E-state index contributed by atoms with van der Waals surface area (Å²) in [5.74, 6) is -0.643. The smallest absolute Gasteiger partial charge is 0.313 e. The van der Waals surface area contributed by atoms with Gasteiger partial charge in [0.1, 0.15) is 5.56 Å². The van der Waals surface area contributed by atoms with E-state index in [1.165, 1.54) is 11.3 Å². The fourth-order valence-electron chi connectivity index (χ4n) is 2.92. The average molecular weight is 427 g/mol. The van der Waals surface area contributed by atoms with Crippen molar-refractivity contribution in [1.82, 2.24) is 14.5 Å². The van der Waals surface area contributed by atoms with Crippen molar-refractivity contribution >= 4 is 44.2 Å². The highest BCUT2D eigenvalue weighted by molar-refractivity contribution is 7.22. The first-order valence-corrected chi connectivity index (χ1v) is 9.87. The van der Waals surface area contributed by atoms with Gasteiger partial charge in [0.05, 0.1) is 16.8 Å². The number of nitrogens with one attached hydrogen (secondary N) is 2. The molecule has 2 heterocycles. The normalized spacial score (nSPS) is 11.0. The van der Waals surface area contributed by atoms with Gasteiger partial charge in [-0.3, -0.25) is 19.5 Å². The molecule has 0 aliphatic heterocycles. The maximum atomic E-state index is 12.8. The maximum Gasteiger partial charge on any atom is 0.328 e. The number of para-hydroxylation sites is 1. The average Bonchev–Trinajstić information content (AvgIpc) is 3.10. The Labute approximate surface area is 173 Å². The lowest BCUT2D eigenvalue weighted by molar-refractivity contribution is 0.102. The van der Waals surface area contributed by atoms with Crippen LogP contribution in [0, 0.1) is 6.92 Å². The highest BCUT2D eigenvalue weighted by Crippen LogP contribution is 2.28. The summed E-state index contributed by atoms with van der Waals surface area (Å²) in [6.45, 7) is 1.89. The summed E-state index contributed by atoms with van der Waals surface area (Å²) in [6, 6.07) is 12.6. The van der Waals surface area contributed by atoms with Crippen LogP contribution >= 0.6 is 22.9 Å². The number of aromatic nitrogens is 3. The highest BCUT2D eigenvalue weighted by atomic mass is 35.5.